The van der Waals surface area contributed by atoms with Gasteiger partial charge in [0.2, 0.25) is 0 Å². The van der Waals surface area contributed by atoms with Gasteiger partial charge in [-0.3, -0.25) is 0 Å². The summed E-state index contributed by atoms with van der Waals surface area (Å²) < 4.78 is 13.4. The second kappa shape index (κ2) is 9.15. The van der Waals surface area contributed by atoms with E-state index in [9.17, 15) is 0 Å². The molecular formula is C20H22ClN3O2S. The van der Waals surface area contributed by atoms with Gasteiger partial charge in [0.1, 0.15) is 11.5 Å². The summed E-state index contributed by atoms with van der Waals surface area (Å²) in [6.45, 7) is 4.83. The van der Waals surface area contributed by atoms with Gasteiger partial charge in [-0.25, -0.2) is 0 Å². The van der Waals surface area contributed by atoms with Crippen LogP contribution in [0.25, 0.3) is 0 Å². The second-order valence-electron chi connectivity index (χ2n) is 5.94. The quantitative estimate of drug-likeness (QED) is 0.472. The van der Waals surface area contributed by atoms with E-state index >= 15 is 0 Å². The standard InChI is InChI=1S/C20H22ClN3O2S/c1-4-24-19(14(2)26-18-7-5-6-17(12-18)25-3)22-23-20(24)27-13-15-8-10-16(21)11-9-15/h5-12,14H,4,13H2,1-3H3. The number of methoxy groups -OCH3 is 1. The largest absolute Gasteiger partial charge is 0.497 e. The number of nitrogens with zero attached hydrogens (tertiary/aromatic N) is 3. The lowest BCUT2D eigenvalue weighted by molar-refractivity contribution is 0.209. The predicted molar refractivity (Wildman–Crippen MR) is 109 cm³/mol. The number of aromatic nitrogens is 3. The average Bonchev–Trinajstić information content (AvgIpc) is 3.10. The fourth-order valence-electron chi connectivity index (χ4n) is 2.66. The minimum atomic E-state index is -0.227. The maximum absolute atomic E-state index is 6.05. The maximum atomic E-state index is 6.05. The van der Waals surface area contributed by atoms with Crippen LogP contribution in [0, 0.1) is 0 Å². The maximum Gasteiger partial charge on any atom is 0.191 e. The molecule has 1 heterocycles. The molecule has 2 aromatic carbocycles. The highest BCUT2D eigenvalue weighted by atomic mass is 35.5. The van der Waals surface area contributed by atoms with Gasteiger partial charge in [-0.2, -0.15) is 0 Å². The highest BCUT2D eigenvalue weighted by Crippen LogP contribution is 2.28. The summed E-state index contributed by atoms with van der Waals surface area (Å²) in [5.74, 6) is 3.11. The fraction of sp³-hybridized carbons (Fsp3) is 0.300. The molecule has 3 aromatic rings. The Morgan fingerprint density at radius 2 is 1.85 bits per heavy atom. The minimum absolute atomic E-state index is 0.227. The van der Waals surface area contributed by atoms with Gasteiger partial charge in [0.25, 0.3) is 0 Å². The number of rotatable bonds is 8. The van der Waals surface area contributed by atoms with E-state index < -0.39 is 0 Å². The van der Waals surface area contributed by atoms with Crippen molar-refractivity contribution in [1.29, 1.82) is 0 Å². The van der Waals surface area contributed by atoms with Crippen LogP contribution in [-0.2, 0) is 12.3 Å². The van der Waals surface area contributed by atoms with E-state index in [0.717, 1.165) is 39.8 Å². The second-order valence-corrected chi connectivity index (χ2v) is 7.32. The first-order chi connectivity index (χ1) is 13.1. The topological polar surface area (TPSA) is 49.2 Å². The van der Waals surface area contributed by atoms with Gasteiger partial charge in [0, 0.05) is 23.4 Å². The third-order valence-corrected chi connectivity index (χ3v) is 5.35. The third-order valence-electron chi connectivity index (χ3n) is 4.06. The molecule has 3 rings (SSSR count). The first-order valence-electron chi connectivity index (χ1n) is 8.71. The van der Waals surface area contributed by atoms with Crippen LogP contribution in [0.15, 0.2) is 53.7 Å². The normalized spacial score (nSPS) is 12.0. The van der Waals surface area contributed by atoms with Gasteiger partial charge in [0.15, 0.2) is 17.1 Å². The fourth-order valence-corrected chi connectivity index (χ4v) is 3.76. The minimum Gasteiger partial charge on any atom is -0.497 e. The molecule has 142 valence electrons. The van der Waals surface area contributed by atoms with E-state index in [1.807, 2.05) is 55.5 Å². The average molecular weight is 404 g/mol. The van der Waals surface area contributed by atoms with Crippen molar-refractivity contribution >= 4 is 23.4 Å². The van der Waals surface area contributed by atoms with Gasteiger partial charge in [-0.05, 0) is 43.7 Å². The Kier molecular flexibility index (Phi) is 6.63. The Morgan fingerprint density at radius 3 is 2.56 bits per heavy atom. The Hall–Kier alpha value is -2.18. The van der Waals surface area contributed by atoms with Crippen molar-refractivity contribution < 1.29 is 9.47 Å². The molecule has 7 heteroatoms. The van der Waals surface area contributed by atoms with Crippen LogP contribution in [0.5, 0.6) is 11.5 Å². The molecule has 0 N–H and O–H groups in total. The summed E-state index contributed by atoms with van der Waals surface area (Å²) in [7, 11) is 1.64. The zero-order valence-electron chi connectivity index (χ0n) is 15.6. The highest BCUT2D eigenvalue weighted by Gasteiger charge is 2.19. The zero-order chi connectivity index (χ0) is 19.2. The lowest BCUT2D eigenvalue weighted by atomic mass is 10.2. The number of hydrogen-bond donors (Lipinski definition) is 0. The SMILES string of the molecule is CCn1c(SCc2ccc(Cl)cc2)nnc1C(C)Oc1cccc(OC)c1. The Morgan fingerprint density at radius 1 is 1.11 bits per heavy atom. The van der Waals surface area contributed by atoms with Gasteiger partial charge in [0.05, 0.1) is 7.11 Å². The van der Waals surface area contributed by atoms with Crippen LogP contribution in [-0.4, -0.2) is 21.9 Å². The molecular weight excluding hydrogens is 382 g/mol. The Labute approximate surface area is 168 Å². The molecule has 0 saturated heterocycles. The van der Waals surface area contributed by atoms with Crippen LogP contribution in [0.1, 0.15) is 31.3 Å². The van der Waals surface area contributed by atoms with E-state index in [1.165, 1.54) is 5.56 Å². The number of benzene rings is 2. The van der Waals surface area contributed by atoms with E-state index in [0.29, 0.717) is 0 Å². The lowest BCUT2D eigenvalue weighted by Gasteiger charge is -2.16. The van der Waals surface area contributed by atoms with Gasteiger partial charge in [-0.15, -0.1) is 10.2 Å². The number of thioether (sulfide) groups is 1. The van der Waals surface area contributed by atoms with E-state index in [-0.39, 0.29) is 6.10 Å². The highest BCUT2D eigenvalue weighted by molar-refractivity contribution is 7.98. The summed E-state index contributed by atoms with van der Waals surface area (Å²) in [6.07, 6.45) is -0.227. The molecule has 0 spiro atoms. The third kappa shape index (κ3) is 4.96. The van der Waals surface area contributed by atoms with Crippen LogP contribution in [0.2, 0.25) is 5.02 Å². The van der Waals surface area contributed by atoms with Crippen LogP contribution in [0.4, 0.5) is 0 Å². The van der Waals surface area contributed by atoms with Gasteiger partial charge in [-0.1, -0.05) is 41.6 Å². The van der Waals surface area contributed by atoms with Crippen molar-refractivity contribution in [2.24, 2.45) is 0 Å². The molecule has 1 unspecified atom stereocenters. The summed E-state index contributed by atoms with van der Waals surface area (Å²) in [5.41, 5.74) is 1.19. The molecule has 0 aliphatic heterocycles. The molecule has 27 heavy (non-hydrogen) atoms. The molecule has 0 radical (unpaired) electrons. The van der Waals surface area contributed by atoms with Crippen molar-refractivity contribution in [2.45, 2.75) is 37.4 Å². The van der Waals surface area contributed by atoms with Crippen molar-refractivity contribution in [3.05, 3.63) is 64.9 Å². The molecule has 0 aliphatic rings. The van der Waals surface area contributed by atoms with E-state index in [1.54, 1.807) is 18.9 Å². The Bertz CT molecular complexity index is 883. The smallest absolute Gasteiger partial charge is 0.191 e. The first-order valence-corrected chi connectivity index (χ1v) is 10.1. The molecule has 0 aliphatic carbocycles. The van der Waals surface area contributed by atoms with E-state index in [4.69, 9.17) is 21.1 Å². The van der Waals surface area contributed by atoms with Gasteiger partial charge >= 0.3 is 0 Å². The molecule has 1 aromatic heterocycles. The molecule has 0 amide bonds. The molecule has 1 atom stereocenters. The molecule has 5 nitrogen and oxygen atoms in total. The lowest BCUT2D eigenvalue weighted by Crippen LogP contribution is -2.12. The van der Waals surface area contributed by atoms with Crippen molar-refractivity contribution in [1.82, 2.24) is 14.8 Å². The summed E-state index contributed by atoms with van der Waals surface area (Å²) >= 11 is 7.60. The predicted octanol–water partition coefficient (Wildman–Crippen LogP) is 5.39. The first kappa shape index (κ1) is 19.6. The summed E-state index contributed by atoms with van der Waals surface area (Å²) in [6, 6.07) is 15.4. The van der Waals surface area contributed by atoms with Crippen molar-refractivity contribution in [3.8, 4) is 11.5 Å². The Balaban J connectivity index is 1.71. The van der Waals surface area contributed by atoms with Crippen LogP contribution >= 0.6 is 23.4 Å². The molecule has 0 saturated carbocycles. The zero-order valence-corrected chi connectivity index (χ0v) is 17.1. The summed E-state index contributed by atoms with van der Waals surface area (Å²) in [4.78, 5) is 0. The molecule has 0 bridgehead atoms. The van der Waals surface area contributed by atoms with Gasteiger partial charge < -0.3 is 14.0 Å². The number of ether oxygens (including phenoxy) is 2. The van der Waals surface area contributed by atoms with Crippen molar-refractivity contribution in [3.63, 3.8) is 0 Å². The summed E-state index contributed by atoms with van der Waals surface area (Å²) in [5, 5.41) is 10.3. The number of halogens is 1. The van der Waals surface area contributed by atoms with Crippen LogP contribution < -0.4 is 9.47 Å². The molecule has 0 fully saturated rings. The number of hydrogen-bond acceptors (Lipinski definition) is 5. The monoisotopic (exact) mass is 403 g/mol. The van der Waals surface area contributed by atoms with Crippen LogP contribution in [0.3, 0.4) is 0 Å². The van der Waals surface area contributed by atoms with E-state index in [2.05, 4.69) is 21.7 Å². The van der Waals surface area contributed by atoms with Crippen molar-refractivity contribution in [2.75, 3.05) is 7.11 Å².